The van der Waals surface area contributed by atoms with Crippen molar-refractivity contribution in [1.29, 1.82) is 0 Å². The molecule has 0 bridgehead atoms. The fraction of sp³-hybridized carbons (Fsp3) is 0.231. The number of hydrogen-bond donors (Lipinski definition) is 0. The largest absolute Gasteiger partial charge is 0.486 e. The molecule has 88 valence electrons. The Morgan fingerprint density at radius 1 is 1.29 bits per heavy atom. The zero-order valence-electron chi connectivity index (χ0n) is 9.77. The number of ether oxygens (including phenoxy) is 1. The van der Waals surface area contributed by atoms with Gasteiger partial charge in [-0.1, -0.05) is 6.07 Å². The molecule has 1 aromatic heterocycles. The standard InChI is InChI=1S/C13H13NO2S/c1-9-3-10(2)5-11(4-9)16-8-13-14-6-12(7-15)17-13/h3-7H,8H2,1-2H3. The zero-order valence-corrected chi connectivity index (χ0v) is 10.6. The van der Waals surface area contributed by atoms with E-state index in [-0.39, 0.29) is 0 Å². The fourth-order valence-corrected chi connectivity index (χ4v) is 2.26. The normalized spacial score (nSPS) is 10.2. The summed E-state index contributed by atoms with van der Waals surface area (Å²) in [6.45, 7) is 4.48. The summed E-state index contributed by atoms with van der Waals surface area (Å²) in [6.07, 6.45) is 2.37. The molecule has 0 radical (unpaired) electrons. The van der Waals surface area contributed by atoms with E-state index in [1.54, 1.807) is 6.20 Å². The van der Waals surface area contributed by atoms with E-state index in [1.165, 1.54) is 22.5 Å². The van der Waals surface area contributed by atoms with Gasteiger partial charge in [0.15, 0.2) is 6.29 Å². The maximum atomic E-state index is 10.5. The molecule has 0 aliphatic carbocycles. The van der Waals surface area contributed by atoms with E-state index in [4.69, 9.17) is 4.74 Å². The van der Waals surface area contributed by atoms with Gasteiger partial charge in [-0.25, -0.2) is 4.98 Å². The van der Waals surface area contributed by atoms with Crippen LogP contribution in [0, 0.1) is 13.8 Å². The van der Waals surface area contributed by atoms with Crippen molar-refractivity contribution in [1.82, 2.24) is 4.98 Å². The second kappa shape index (κ2) is 5.10. The number of carbonyl (C=O) groups excluding carboxylic acids is 1. The first kappa shape index (κ1) is 11.8. The van der Waals surface area contributed by atoms with Crippen LogP contribution in [0.2, 0.25) is 0 Å². The summed E-state index contributed by atoms with van der Waals surface area (Å²) in [5, 5.41) is 0.811. The van der Waals surface area contributed by atoms with Gasteiger partial charge in [-0.2, -0.15) is 0 Å². The minimum Gasteiger partial charge on any atom is -0.486 e. The summed E-state index contributed by atoms with van der Waals surface area (Å²) in [6, 6.07) is 6.07. The first-order valence-corrected chi connectivity index (χ1v) is 6.10. The van der Waals surface area contributed by atoms with Crippen LogP contribution in [-0.4, -0.2) is 11.3 Å². The SMILES string of the molecule is Cc1cc(C)cc(OCc2ncc(C=O)s2)c1. The van der Waals surface area contributed by atoms with Gasteiger partial charge in [-0.15, -0.1) is 11.3 Å². The fourth-order valence-electron chi connectivity index (χ4n) is 1.61. The third kappa shape index (κ3) is 3.14. The molecule has 0 N–H and O–H groups in total. The third-order valence-electron chi connectivity index (χ3n) is 2.25. The molecule has 1 aromatic carbocycles. The lowest BCUT2D eigenvalue weighted by atomic mass is 10.1. The van der Waals surface area contributed by atoms with Crippen LogP contribution in [-0.2, 0) is 6.61 Å². The van der Waals surface area contributed by atoms with Crippen LogP contribution in [0.25, 0.3) is 0 Å². The Balaban J connectivity index is 2.04. The summed E-state index contributed by atoms with van der Waals surface area (Å²) in [5.74, 6) is 0.838. The molecular formula is C13H13NO2S. The number of aldehydes is 1. The highest BCUT2D eigenvalue weighted by molar-refractivity contribution is 7.13. The summed E-state index contributed by atoms with van der Waals surface area (Å²) in [5.41, 5.74) is 2.35. The molecule has 0 unspecified atom stereocenters. The Morgan fingerprint density at radius 2 is 2.00 bits per heavy atom. The number of hydrogen-bond acceptors (Lipinski definition) is 4. The summed E-state index contributed by atoms with van der Waals surface area (Å²) in [7, 11) is 0. The van der Waals surface area contributed by atoms with Gasteiger partial charge in [0.05, 0.1) is 4.88 Å². The first-order valence-electron chi connectivity index (χ1n) is 5.28. The average molecular weight is 247 g/mol. The van der Waals surface area contributed by atoms with Crippen LogP contribution >= 0.6 is 11.3 Å². The molecule has 4 heteroatoms. The number of carbonyl (C=O) groups is 1. The molecule has 2 aromatic rings. The summed E-state index contributed by atoms with van der Waals surface area (Å²) >= 11 is 1.36. The number of benzene rings is 1. The van der Waals surface area contributed by atoms with Gasteiger partial charge in [-0.05, 0) is 37.1 Å². The lowest BCUT2D eigenvalue weighted by Crippen LogP contribution is -1.95. The number of aryl methyl sites for hydroxylation is 2. The minimum atomic E-state index is 0.404. The Labute approximate surface area is 104 Å². The Hall–Kier alpha value is -1.68. The van der Waals surface area contributed by atoms with Gasteiger partial charge in [0.25, 0.3) is 0 Å². The molecule has 17 heavy (non-hydrogen) atoms. The maximum Gasteiger partial charge on any atom is 0.161 e. The highest BCUT2D eigenvalue weighted by Gasteiger charge is 2.03. The molecule has 1 heterocycles. The second-order valence-electron chi connectivity index (χ2n) is 3.89. The molecule has 2 rings (SSSR count). The molecule has 0 saturated heterocycles. The molecule has 0 amide bonds. The summed E-state index contributed by atoms with van der Waals surface area (Å²) in [4.78, 5) is 15.3. The van der Waals surface area contributed by atoms with Crippen LogP contribution in [0.15, 0.2) is 24.4 Å². The number of aromatic nitrogens is 1. The predicted octanol–water partition coefficient (Wildman–Crippen LogP) is 3.15. The molecule has 0 aliphatic rings. The van der Waals surface area contributed by atoms with Crippen LogP contribution in [0.5, 0.6) is 5.75 Å². The topological polar surface area (TPSA) is 39.2 Å². The van der Waals surface area contributed by atoms with E-state index in [0.717, 1.165) is 17.0 Å². The highest BCUT2D eigenvalue weighted by Crippen LogP contribution is 2.19. The minimum absolute atomic E-state index is 0.404. The average Bonchev–Trinajstić information content (AvgIpc) is 2.73. The Kier molecular flexibility index (Phi) is 3.54. The van der Waals surface area contributed by atoms with Crippen molar-refractivity contribution in [3.63, 3.8) is 0 Å². The maximum absolute atomic E-state index is 10.5. The van der Waals surface area contributed by atoms with E-state index in [1.807, 2.05) is 26.0 Å². The van der Waals surface area contributed by atoms with Crippen molar-refractivity contribution in [3.8, 4) is 5.75 Å². The van der Waals surface area contributed by atoms with Crippen molar-refractivity contribution in [2.75, 3.05) is 0 Å². The summed E-state index contributed by atoms with van der Waals surface area (Å²) < 4.78 is 5.64. The van der Waals surface area contributed by atoms with E-state index < -0.39 is 0 Å². The van der Waals surface area contributed by atoms with Gasteiger partial charge >= 0.3 is 0 Å². The molecular weight excluding hydrogens is 234 g/mol. The van der Waals surface area contributed by atoms with Crippen molar-refractivity contribution in [2.45, 2.75) is 20.5 Å². The van der Waals surface area contributed by atoms with E-state index in [9.17, 15) is 4.79 Å². The molecule has 0 aliphatic heterocycles. The molecule has 3 nitrogen and oxygen atoms in total. The van der Waals surface area contributed by atoms with Crippen molar-refractivity contribution >= 4 is 17.6 Å². The molecule has 0 fully saturated rings. The monoisotopic (exact) mass is 247 g/mol. The molecule has 0 spiro atoms. The number of nitrogens with zero attached hydrogens (tertiary/aromatic N) is 1. The van der Waals surface area contributed by atoms with Gasteiger partial charge < -0.3 is 4.74 Å². The quantitative estimate of drug-likeness (QED) is 0.779. The van der Waals surface area contributed by atoms with E-state index >= 15 is 0 Å². The molecule has 0 atom stereocenters. The predicted molar refractivity (Wildman–Crippen MR) is 67.7 cm³/mol. The number of thiazole rings is 1. The zero-order chi connectivity index (χ0) is 12.3. The van der Waals surface area contributed by atoms with Gasteiger partial charge in [0.1, 0.15) is 17.4 Å². The lowest BCUT2D eigenvalue weighted by molar-refractivity contribution is 0.112. The first-order chi connectivity index (χ1) is 8.17. The number of rotatable bonds is 4. The lowest BCUT2D eigenvalue weighted by Gasteiger charge is -2.06. The highest BCUT2D eigenvalue weighted by atomic mass is 32.1. The van der Waals surface area contributed by atoms with Crippen LogP contribution < -0.4 is 4.74 Å². The van der Waals surface area contributed by atoms with Crippen LogP contribution in [0.3, 0.4) is 0 Å². The van der Waals surface area contributed by atoms with E-state index in [0.29, 0.717) is 11.5 Å². The Morgan fingerprint density at radius 3 is 2.59 bits per heavy atom. The van der Waals surface area contributed by atoms with Gasteiger partial charge in [0.2, 0.25) is 0 Å². The van der Waals surface area contributed by atoms with Crippen LogP contribution in [0.1, 0.15) is 25.8 Å². The third-order valence-corrected chi connectivity index (χ3v) is 3.14. The second-order valence-corrected chi connectivity index (χ2v) is 5.03. The molecule has 0 saturated carbocycles. The van der Waals surface area contributed by atoms with Crippen molar-refractivity contribution in [2.24, 2.45) is 0 Å². The van der Waals surface area contributed by atoms with Crippen molar-refractivity contribution < 1.29 is 9.53 Å². The Bertz CT molecular complexity index is 514. The smallest absolute Gasteiger partial charge is 0.161 e. The van der Waals surface area contributed by atoms with E-state index in [2.05, 4.69) is 11.1 Å². The van der Waals surface area contributed by atoms with Crippen molar-refractivity contribution in [3.05, 3.63) is 45.4 Å². The van der Waals surface area contributed by atoms with Gasteiger partial charge in [-0.3, -0.25) is 4.79 Å². The van der Waals surface area contributed by atoms with Crippen LogP contribution in [0.4, 0.5) is 0 Å². The van der Waals surface area contributed by atoms with Gasteiger partial charge in [0, 0.05) is 6.20 Å².